The molecule has 0 bridgehead atoms. The van der Waals surface area contributed by atoms with Crippen molar-refractivity contribution < 1.29 is 18.3 Å². The zero-order chi connectivity index (χ0) is 23.7. The summed E-state index contributed by atoms with van der Waals surface area (Å²) in [4.78, 5) is 10.6. The van der Waals surface area contributed by atoms with E-state index in [0.29, 0.717) is 17.2 Å². The van der Waals surface area contributed by atoms with E-state index in [9.17, 15) is 18.3 Å². The summed E-state index contributed by atoms with van der Waals surface area (Å²) in [6.45, 7) is 2.47. The fraction of sp³-hybridized carbons (Fsp3) is 0.458. The van der Waals surface area contributed by atoms with Gasteiger partial charge in [-0.3, -0.25) is 9.58 Å². The zero-order valence-corrected chi connectivity index (χ0v) is 18.5. The molecule has 1 unspecified atom stereocenters. The number of fused-ring (bicyclic) bond motifs is 2. The molecule has 5 heterocycles. The van der Waals surface area contributed by atoms with Crippen LogP contribution in [0.1, 0.15) is 48.7 Å². The Kier molecular flexibility index (Phi) is 4.68. The lowest BCUT2D eigenvalue weighted by Gasteiger charge is -2.30. The van der Waals surface area contributed by atoms with Gasteiger partial charge in [0, 0.05) is 42.0 Å². The van der Waals surface area contributed by atoms with Crippen molar-refractivity contribution in [2.45, 2.75) is 49.9 Å². The minimum Gasteiger partial charge on any atom is -0.493 e. The van der Waals surface area contributed by atoms with Gasteiger partial charge < -0.3 is 10.8 Å². The monoisotopic (exact) mass is 470 g/mol. The number of nitrogens with zero attached hydrogens (tertiary/aromatic N) is 5. The van der Waals surface area contributed by atoms with Crippen molar-refractivity contribution >= 4 is 5.82 Å². The average molecular weight is 470 g/mol. The van der Waals surface area contributed by atoms with Crippen molar-refractivity contribution in [3.8, 4) is 17.1 Å². The Morgan fingerprint density at radius 3 is 2.68 bits per heavy atom. The number of alkyl halides is 3. The first-order valence-corrected chi connectivity index (χ1v) is 11.5. The summed E-state index contributed by atoms with van der Waals surface area (Å²) < 4.78 is 41.9. The van der Waals surface area contributed by atoms with Crippen LogP contribution in [0, 0.1) is 5.92 Å². The number of halogens is 3. The zero-order valence-electron chi connectivity index (χ0n) is 18.5. The Hall–Kier alpha value is -3.14. The van der Waals surface area contributed by atoms with E-state index in [0.717, 1.165) is 62.8 Å². The van der Waals surface area contributed by atoms with E-state index in [1.54, 1.807) is 6.07 Å². The van der Waals surface area contributed by atoms with Gasteiger partial charge in [0.15, 0.2) is 0 Å². The summed E-state index contributed by atoms with van der Waals surface area (Å²) in [5, 5.41) is 14.5. The first-order chi connectivity index (χ1) is 16.2. The van der Waals surface area contributed by atoms with Crippen LogP contribution < -0.4 is 5.73 Å². The molecule has 3 aromatic rings. The van der Waals surface area contributed by atoms with Crippen LogP contribution in [0.25, 0.3) is 11.3 Å². The number of rotatable bonds is 4. The summed E-state index contributed by atoms with van der Waals surface area (Å²) in [7, 11) is 0. The molecule has 1 aliphatic carbocycles. The van der Waals surface area contributed by atoms with E-state index in [1.807, 2.05) is 22.9 Å². The van der Waals surface area contributed by atoms with Crippen molar-refractivity contribution in [2.24, 2.45) is 5.92 Å². The lowest BCUT2D eigenvalue weighted by Crippen LogP contribution is -2.33. The molecule has 0 amide bonds. The molecular weight excluding hydrogens is 445 g/mol. The molecular formula is C24H25F3N6O. The molecule has 0 aromatic carbocycles. The fourth-order valence-electron chi connectivity index (χ4n) is 5.74. The van der Waals surface area contributed by atoms with Crippen LogP contribution in [-0.4, -0.2) is 42.8 Å². The predicted molar refractivity (Wildman–Crippen MR) is 119 cm³/mol. The molecule has 7 nitrogen and oxygen atoms in total. The summed E-state index contributed by atoms with van der Waals surface area (Å²) in [6.07, 6.45) is 0.991. The smallest absolute Gasteiger partial charge is 0.419 e. The van der Waals surface area contributed by atoms with Crippen molar-refractivity contribution in [1.82, 2.24) is 24.6 Å². The van der Waals surface area contributed by atoms with Crippen LogP contribution in [0.3, 0.4) is 0 Å². The number of nitrogen functional groups attached to an aromatic ring is 1. The first-order valence-electron chi connectivity index (χ1n) is 11.5. The van der Waals surface area contributed by atoms with Gasteiger partial charge in [-0.2, -0.15) is 18.3 Å². The third-order valence-electron chi connectivity index (χ3n) is 7.55. The Morgan fingerprint density at radius 2 is 1.94 bits per heavy atom. The second kappa shape index (κ2) is 7.43. The maximum Gasteiger partial charge on any atom is 0.419 e. The van der Waals surface area contributed by atoms with Gasteiger partial charge in [0.2, 0.25) is 5.88 Å². The van der Waals surface area contributed by atoms with Crippen LogP contribution in [0.2, 0.25) is 0 Å². The van der Waals surface area contributed by atoms with Crippen LogP contribution in [-0.2, 0) is 18.1 Å². The molecule has 0 radical (unpaired) electrons. The highest BCUT2D eigenvalue weighted by Crippen LogP contribution is 2.51. The van der Waals surface area contributed by atoms with Crippen LogP contribution in [0.15, 0.2) is 36.5 Å². The molecule has 3 N–H and O–H groups in total. The molecule has 1 saturated heterocycles. The molecule has 2 aliphatic heterocycles. The molecule has 1 saturated carbocycles. The maximum atomic E-state index is 13.3. The van der Waals surface area contributed by atoms with Gasteiger partial charge >= 0.3 is 6.18 Å². The van der Waals surface area contributed by atoms with Crippen molar-refractivity contribution in [3.63, 3.8) is 0 Å². The second-order valence-electron chi connectivity index (χ2n) is 9.75. The van der Waals surface area contributed by atoms with Gasteiger partial charge in [-0.25, -0.2) is 9.97 Å². The minimum absolute atomic E-state index is 0.0379. The summed E-state index contributed by atoms with van der Waals surface area (Å²) in [6, 6.07) is 8.53. The van der Waals surface area contributed by atoms with Gasteiger partial charge in [-0.05, 0) is 56.3 Å². The number of anilines is 1. The van der Waals surface area contributed by atoms with Gasteiger partial charge in [-0.15, -0.1) is 0 Å². The van der Waals surface area contributed by atoms with Gasteiger partial charge in [0.25, 0.3) is 0 Å². The lowest BCUT2D eigenvalue weighted by molar-refractivity contribution is -0.137. The Bertz CT molecular complexity index is 1250. The van der Waals surface area contributed by atoms with Gasteiger partial charge in [0.1, 0.15) is 5.82 Å². The van der Waals surface area contributed by atoms with Gasteiger partial charge in [-0.1, -0.05) is 6.07 Å². The van der Waals surface area contributed by atoms with E-state index in [2.05, 4.69) is 20.0 Å². The largest absolute Gasteiger partial charge is 0.493 e. The third-order valence-corrected chi connectivity index (χ3v) is 7.55. The highest BCUT2D eigenvalue weighted by molar-refractivity contribution is 5.63. The van der Waals surface area contributed by atoms with Crippen molar-refractivity contribution in [1.29, 1.82) is 0 Å². The number of pyridine rings is 2. The number of aromatic hydroxyl groups is 1. The molecule has 178 valence electrons. The molecule has 10 heteroatoms. The molecule has 2 atom stereocenters. The van der Waals surface area contributed by atoms with E-state index in [4.69, 9.17) is 5.73 Å². The van der Waals surface area contributed by atoms with Gasteiger partial charge in [0.05, 0.1) is 23.0 Å². The predicted octanol–water partition coefficient (Wildman–Crippen LogP) is 4.15. The summed E-state index contributed by atoms with van der Waals surface area (Å²) in [5.41, 5.74) is 7.20. The van der Waals surface area contributed by atoms with Crippen molar-refractivity contribution in [3.05, 3.63) is 53.5 Å². The van der Waals surface area contributed by atoms with Crippen molar-refractivity contribution in [2.75, 3.05) is 18.8 Å². The minimum atomic E-state index is -4.57. The van der Waals surface area contributed by atoms with E-state index in [1.165, 1.54) is 6.20 Å². The number of aryl methyl sites for hydroxylation is 1. The SMILES string of the molecule is Nc1ncc(-c2cc3n(n2)CC[C@@]32CCN(C(c3cccc(O)n3)C3CC3)C2)cc1C(F)(F)F. The molecule has 3 aliphatic rings. The number of likely N-dealkylation sites (tertiary alicyclic amines) is 1. The molecule has 1 spiro atoms. The fourth-order valence-corrected chi connectivity index (χ4v) is 5.74. The normalized spacial score (nSPS) is 23.5. The highest BCUT2D eigenvalue weighted by atomic mass is 19.4. The van der Waals surface area contributed by atoms with E-state index < -0.39 is 17.6 Å². The second-order valence-corrected chi connectivity index (χ2v) is 9.75. The molecule has 3 aromatic heterocycles. The Balaban J connectivity index is 1.30. The number of nitrogens with two attached hydrogens (primary N) is 1. The maximum absolute atomic E-state index is 13.3. The molecule has 2 fully saturated rings. The molecule has 34 heavy (non-hydrogen) atoms. The third kappa shape index (κ3) is 3.51. The Morgan fingerprint density at radius 1 is 1.15 bits per heavy atom. The van der Waals surface area contributed by atoms with Crippen LogP contribution in [0.4, 0.5) is 19.0 Å². The van der Waals surface area contributed by atoms with E-state index >= 15 is 0 Å². The number of hydrogen-bond donors (Lipinski definition) is 2. The van der Waals surface area contributed by atoms with Crippen LogP contribution >= 0.6 is 0 Å². The molecule has 6 rings (SSSR count). The Labute approximate surface area is 194 Å². The lowest BCUT2D eigenvalue weighted by atomic mass is 9.82. The number of hydrogen-bond acceptors (Lipinski definition) is 6. The first kappa shape index (κ1) is 21.4. The summed E-state index contributed by atoms with van der Waals surface area (Å²) in [5.74, 6) is 0.0431. The average Bonchev–Trinajstić information content (AvgIpc) is 3.24. The topological polar surface area (TPSA) is 93.1 Å². The van der Waals surface area contributed by atoms with Crippen LogP contribution in [0.5, 0.6) is 5.88 Å². The standard InChI is InChI=1S/C24H25F3N6O/c25-24(26,27)16-10-15(12-29-22(16)28)18-11-19-23(7-9-33(19)31-18)6-8-32(13-23)21(14-4-5-14)17-2-1-3-20(34)30-17/h1-3,10-12,14,21H,4-9,13H2,(H2,28,29)(H,30,34)/t21?,23-/m1/s1. The highest BCUT2D eigenvalue weighted by Gasteiger charge is 2.49. The quantitative estimate of drug-likeness (QED) is 0.595. The van der Waals surface area contributed by atoms with E-state index in [-0.39, 0.29) is 17.3 Å². The summed E-state index contributed by atoms with van der Waals surface area (Å²) >= 11 is 0. The number of aromatic nitrogens is 4.